The van der Waals surface area contributed by atoms with Gasteiger partial charge in [-0.15, -0.1) is 0 Å². The minimum absolute atomic E-state index is 0.0268. The van der Waals surface area contributed by atoms with Crippen molar-refractivity contribution in [3.63, 3.8) is 0 Å². The van der Waals surface area contributed by atoms with Gasteiger partial charge in [0.2, 0.25) is 15.9 Å². The van der Waals surface area contributed by atoms with Crippen molar-refractivity contribution in [3.8, 4) is 0 Å². The van der Waals surface area contributed by atoms with Crippen LogP contribution in [0.4, 0.5) is 0 Å². The lowest BCUT2D eigenvalue weighted by Crippen LogP contribution is -2.31. The normalized spacial score (nSPS) is 11.7. The third kappa shape index (κ3) is 5.23. The van der Waals surface area contributed by atoms with E-state index in [0.29, 0.717) is 11.1 Å². The molecule has 2 aromatic heterocycles. The number of nitrogens with zero attached hydrogens (tertiary/aromatic N) is 2. The number of pyridine rings is 1. The Bertz CT molecular complexity index is 1150. The molecule has 2 N–H and O–H groups in total. The van der Waals surface area contributed by atoms with Crippen molar-refractivity contribution in [3.05, 3.63) is 63.5 Å². The summed E-state index contributed by atoms with van der Waals surface area (Å²) in [4.78, 5) is 16.8. The molecule has 1 aromatic carbocycles. The first-order valence-corrected chi connectivity index (χ1v) is 11.4. The van der Waals surface area contributed by atoms with Crippen molar-refractivity contribution in [2.45, 2.75) is 38.6 Å². The van der Waals surface area contributed by atoms with E-state index >= 15 is 0 Å². The lowest BCUT2D eigenvalue weighted by molar-refractivity contribution is -0.121. The molecule has 0 radical (unpaired) electrons. The quantitative estimate of drug-likeness (QED) is 0.545. The zero-order chi connectivity index (χ0) is 21.2. The van der Waals surface area contributed by atoms with E-state index in [4.69, 9.17) is 0 Å². The third-order valence-electron chi connectivity index (χ3n) is 4.45. The highest BCUT2D eigenvalue weighted by Gasteiger charge is 2.19. The van der Waals surface area contributed by atoms with Gasteiger partial charge in [0.1, 0.15) is 5.65 Å². The van der Waals surface area contributed by atoms with Crippen LogP contribution in [0.25, 0.3) is 5.65 Å². The molecule has 1 amide bonds. The molecule has 0 aliphatic heterocycles. The second-order valence-electron chi connectivity index (χ2n) is 7.00. The maximum atomic E-state index is 12.6. The van der Waals surface area contributed by atoms with Gasteiger partial charge in [0.25, 0.3) is 0 Å². The Labute approximate surface area is 178 Å². The summed E-state index contributed by atoms with van der Waals surface area (Å²) in [5.41, 5.74) is 3.91. The highest BCUT2D eigenvalue weighted by Crippen LogP contribution is 2.21. The lowest BCUT2D eigenvalue weighted by Gasteiger charge is -2.13. The number of hydrogen-bond donors (Lipinski definition) is 2. The molecule has 0 fully saturated rings. The summed E-state index contributed by atoms with van der Waals surface area (Å²) in [6, 6.07) is 7.44. The first kappa shape index (κ1) is 21.5. The lowest BCUT2D eigenvalue weighted by atomic mass is 10.1. The van der Waals surface area contributed by atoms with Crippen LogP contribution >= 0.6 is 15.9 Å². The first-order valence-electron chi connectivity index (χ1n) is 9.13. The van der Waals surface area contributed by atoms with Crippen LogP contribution in [0.1, 0.15) is 28.8 Å². The molecule has 3 aromatic rings. The van der Waals surface area contributed by atoms with Gasteiger partial charge in [0.05, 0.1) is 17.1 Å². The van der Waals surface area contributed by atoms with Gasteiger partial charge < -0.3 is 9.72 Å². The molecule has 0 aliphatic carbocycles. The third-order valence-corrected chi connectivity index (χ3v) is 6.68. The van der Waals surface area contributed by atoms with Crippen LogP contribution in [0, 0.1) is 20.8 Å². The summed E-state index contributed by atoms with van der Waals surface area (Å²) in [6.07, 6.45) is 3.77. The van der Waals surface area contributed by atoms with Gasteiger partial charge in [-0.3, -0.25) is 4.79 Å². The van der Waals surface area contributed by atoms with Gasteiger partial charge in [-0.1, -0.05) is 17.7 Å². The minimum Gasteiger partial charge on any atom is -0.350 e. The number of aromatic nitrogens is 2. The molecule has 154 valence electrons. The second-order valence-corrected chi connectivity index (χ2v) is 9.62. The molecule has 3 rings (SSSR count). The van der Waals surface area contributed by atoms with Crippen molar-refractivity contribution >= 4 is 37.5 Å². The number of carbonyl (C=O) groups excluding carboxylic acids is 1. The molecule has 0 saturated heterocycles. The molecule has 0 spiro atoms. The van der Waals surface area contributed by atoms with Crippen LogP contribution in [0.2, 0.25) is 0 Å². The highest BCUT2D eigenvalue weighted by atomic mass is 79.9. The summed E-state index contributed by atoms with van der Waals surface area (Å²) in [5, 5.41) is 2.77. The number of sulfonamides is 1. The Kier molecular flexibility index (Phi) is 6.40. The molecule has 9 heteroatoms. The van der Waals surface area contributed by atoms with Crippen LogP contribution in [-0.4, -0.2) is 30.3 Å². The molecule has 0 atom stereocenters. The van der Waals surface area contributed by atoms with Gasteiger partial charge in [-0.05, 0) is 60.0 Å². The van der Waals surface area contributed by atoms with Gasteiger partial charge in [-0.2, -0.15) is 0 Å². The standard InChI is InChI=1S/C20H23BrN4O3S/c1-13-8-14(2)20(15(3)9-13)29(27,28)23-7-6-19(26)22-10-17-12-25-11-16(21)4-5-18(25)24-17/h4-5,8-9,11-12,23H,6-7,10H2,1-3H3,(H,22,26). The molecule has 0 bridgehead atoms. The van der Waals surface area contributed by atoms with E-state index in [1.54, 1.807) is 13.8 Å². The van der Waals surface area contributed by atoms with E-state index in [0.717, 1.165) is 21.4 Å². The maximum absolute atomic E-state index is 12.6. The van der Waals surface area contributed by atoms with Crippen LogP contribution in [0.3, 0.4) is 0 Å². The highest BCUT2D eigenvalue weighted by molar-refractivity contribution is 9.10. The van der Waals surface area contributed by atoms with E-state index in [1.165, 1.54) is 0 Å². The minimum atomic E-state index is -3.67. The predicted molar refractivity (Wildman–Crippen MR) is 115 cm³/mol. The molecule has 7 nitrogen and oxygen atoms in total. The number of carbonyl (C=O) groups is 1. The average molecular weight is 479 g/mol. The fourth-order valence-corrected chi connectivity index (χ4v) is 5.18. The van der Waals surface area contributed by atoms with Gasteiger partial charge in [-0.25, -0.2) is 18.1 Å². The Morgan fingerprint density at radius 1 is 1.14 bits per heavy atom. The van der Waals surface area contributed by atoms with Gasteiger partial charge in [0.15, 0.2) is 0 Å². The molecule has 0 unspecified atom stereocenters. The van der Waals surface area contributed by atoms with E-state index < -0.39 is 10.0 Å². The van der Waals surface area contributed by atoms with E-state index in [1.807, 2.05) is 48.0 Å². The van der Waals surface area contributed by atoms with Crippen LogP contribution in [0.5, 0.6) is 0 Å². The Morgan fingerprint density at radius 3 is 2.52 bits per heavy atom. The molecular weight excluding hydrogens is 456 g/mol. The summed E-state index contributed by atoms with van der Waals surface area (Å²) >= 11 is 3.40. The summed E-state index contributed by atoms with van der Waals surface area (Å²) in [6.45, 7) is 5.78. The Morgan fingerprint density at radius 2 is 1.83 bits per heavy atom. The number of amides is 1. The van der Waals surface area contributed by atoms with Gasteiger partial charge in [0, 0.05) is 29.8 Å². The van der Waals surface area contributed by atoms with Crippen molar-refractivity contribution < 1.29 is 13.2 Å². The molecular formula is C20H23BrN4O3S. The van der Waals surface area contributed by atoms with Crippen molar-refractivity contribution in [2.75, 3.05) is 6.54 Å². The van der Waals surface area contributed by atoms with E-state index in [2.05, 4.69) is 31.0 Å². The summed E-state index contributed by atoms with van der Waals surface area (Å²) in [5.74, 6) is -0.247. The zero-order valence-electron chi connectivity index (χ0n) is 16.5. The fourth-order valence-electron chi connectivity index (χ4n) is 3.34. The number of hydrogen-bond acceptors (Lipinski definition) is 4. The number of halogens is 1. The maximum Gasteiger partial charge on any atom is 0.241 e. The zero-order valence-corrected chi connectivity index (χ0v) is 18.9. The van der Waals surface area contributed by atoms with E-state index in [-0.39, 0.29) is 30.3 Å². The largest absolute Gasteiger partial charge is 0.350 e. The first-order chi connectivity index (χ1) is 13.7. The van der Waals surface area contributed by atoms with Gasteiger partial charge >= 0.3 is 0 Å². The molecule has 0 aliphatic rings. The number of rotatable bonds is 7. The van der Waals surface area contributed by atoms with Crippen LogP contribution in [0.15, 0.2) is 46.0 Å². The predicted octanol–water partition coefficient (Wildman–Crippen LogP) is 3.01. The number of fused-ring (bicyclic) bond motifs is 1. The average Bonchev–Trinajstić information content (AvgIpc) is 3.00. The van der Waals surface area contributed by atoms with Crippen LogP contribution in [-0.2, 0) is 21.4 Å². The molecule has 0 saturated carbocycles. The van der Waals surface area contributed by atoms with Crippen molar-refractivity contribution in [1.29, 1.82) is 0 Å². The van der Waals surface area contributed by atoms with Crippen molar-refractivity contribution in [2.24, 2.45) is 0 Å². The fraction of sp³-hybridized carbons (Fsp3) is 0.300. The number of imidazole rings is 1. The number of nitrogens with one attached hydrogen (secondary N) is 2. The molecule has 29 heavy (non-hydrogen) atoms. The van der Waals surface area contributed by atoms with Crippen LogP contribution < -0.4 is 10.0 Å². The van der Waals surface area contributed by atoms with E-state index in [9.17, 15) is 13.2 Å². The smallest absolute Gasteiger partial charge is 0.241 e. The monoisotopic (exact) mass is 478 g/mol. The SMILES string of the molecule is Cc1cc(C)c(S(=O)(=O)NCCC(=O)NCc2cn3cc(Br)ccc3n2)c(C)c1. The topological polar surface area (TPSA) is 92.6 Å². The Balaban J connectivity index is 1.54. The summed E-state index contributed by atoms with van der Waals surface area (Å²) < 4.78 is 30.5. The van der Waals surface area contributed by atoms with Crippen molar-refractivity contribution in [1.82, 2.24) is 19.4 Å². The number of aryl methyl sites for hydroxylation is 3. The summed E-state index contributed by atoms with van der Waals surface area (Å²) in [7, 11) is -3.67. The molecule has 2 heterocycles. The number of benzene rings is 1. The second kappa shape index (κ2) is 8.64. The Hall–Kier alpha value is -2.23.